The summed E-state index contributed by atoms with van der Waals surface area (Å²) in [6.45, 7) is 4.39. The molecule has 16 heavy (non-hydrogen) atoms. The van der Waals surface area contributed by atoms with Crippen molar-refractivity contribution in [3.63, 3.8) is 0 Å². The van der Waals surface area contributed by atoms with Gasteiger partial charge in [0.2, 0.25) is 0 Å². The van der Waals surface area contributed by atoms with Crippen molar-refractivity contribution in [3.8, 4) is 0 Å². The first-order valence-corrected chi connectivity index (χ1v) is 5.75. The quantitative estimate of drug-likeness (QED) is 0.781. The topological polar surface area (TPSA) is 42.7 Å². The Bertz CT molecular complexity index is 517. The van der Waals surface area contributed by atoms with E-state index in [0.717, 1.165) is 30.1 Å². The molecule has 1 saturated heterocycles. The predicted octanol–water partition coefficient (Wildman–Crippen LogP) is 1.29. The maximum Gasteiger partial charge on any atom is 0.177 e. The lowest BCUT2D eigenvalue weighted by Gasteiger charge is -2.13. The van der Waals surface area contributed by atoms with E-state index in [1.54, 1.807) is 6.20 Å². The summed E-state index contributed by atoms with van der Waals surface area (Å²) in [5, 5.41) is 3.42. The van der Waals surface area contributed by atoms with Crippen LogP contribution in [0.5, 0.6) is 0 Å². The van der Waals surface area contributed by atoms with E-state index in [9.17, 15) is 0 Å². The summed E-state index contributed by atoms with van der Waals surface area (Å²) < 4.78 is 2.18. The minimum absolute atomic E-state index is 0.513. The number of pyridine rings is 1. The lowest BCUT2D eigenvalue weighted by Crippen LogP contribution is -2.13. The average Bonchev–Trinajstić information content (AvgIpc) is 2.84. The molecule has 2 atom stereocenters. The number of nitrogens with zero attached hydrogens (tertiary/aromatic N) is 3. The largest absolute Gasteiger partial charge is 0.329 e. The molecule has 0 amide bonds. The van der Waals surface area contributed by atoms with Crippen LogP contribution >= 0.6 is 0 Å². The molecule has 1 N–H and O–H groups in total. The Balaban J connectivity index is 2.13. The number of nitrogens with one attached hydrogen (secondary N) is 1. The van der Waals surface area contributed by atoms with E-state index in [4.69, 9.17) is 0 Å². The number of hydrogen-bond acceptors (Lipinski definition) is 3. The standard InChI is InChI=1S/C12H16N4/c1-8-6-13-7-9(8)12-15-11-10(16(12)2)4-3-5-14-11/h3-5,8-9,13H,6-7H2,1-2H3. The van der Waals surface area contributed by atoms with Crippen LogP contribution in [-0.2, 0) is 7.05 Å². The summed E-state index contributed by atoms with van der Waals surface area (Å²) in [5.74, 6) is 2.32. The van der Waals surface area contributed by atoms with Crippen LogP contribution in [-0.4, -0.2) is 27.6 Å². The van der Waals surface area contributed by atoms with Crippen molar-refractivity contribution in [3.05, 3.63) is 24.2 Å². The molecule has 4 heteroatoms. The minimum atomic E-state index is 0.513. The Labute approximate surface area is 94.7 Å². The number of hydrogen-bond donors (Lipinski definition) is 1. The number of rotatable bonds is 1. The van der Waals surface area contributed by atoms with E-state index in [0.29, 0.717) is 11.8 Å². The minimum Gasteiger partial charge on any atom is -0.329 e. The van der Waals surface area contributed by atoms with Crippen LogP contribution < -0.4 is 5.32 Å². The summed E-state index contributed by atoms with van der Waals surface area (Å²) in [6, 6.07) is 4.04. The van der Waals surface area contributed by atoms with E-state index in [2.05, 4.69) is 39.9 Å². The third-order valence-electron chi connectivity index (χ3n) is 3.54. The van der Waals surface area contributed by atoms with Gasteiger partial charge in [0.1, 0.15) is 5.82 Å². The van der Waals surface area contributed by atoms with Crippen LogP contribution in [0.2, 0.25) is 0 Å². The molecule has 0 spiro atoms. The number of aryl methyl sites for hydroxylation is 1. The second kappa shape index (κ2) is 3.56. The number of imidazole rings is 1. The molecule has 0 aromatic carbocycles. The second-order valence-corrected chi connectivity index (χ2v) is 4.62. The van der Waals surface area contributed by atoms with Crippen molar-refractivity contribution in [1.82, 2.24) is 19.9 Å². The zero-order valence-electron chi connectivity index (χ0n) is 9.64. The van der Waals surface area contributed by atoms with Gasteiger partial charge in [-0.15, -0.1) is 0 Å². The first-order valence-electron chi connectivity index (χ1n) is 5.75. The summed E-state index contributed by atoms with van der Waals surface area (Å²) >= 11 is 0. The molecule has 1 aliphatic heterocycles. The summed E-state index contributed by atoms with van der Waals surface area (Å²) in [7, 11) is 2.08. The maximum atomic E-state index is 4.66. The third-order valence-corrected chi connectivity index (χ3v) is 3.54. The smallest absolute Gasteiger partial charge is 0.177 e. The molecule has 0 bridgehead atoms. The van der Waals surface area contributed by atoms with Gasteiger partial charge >= 0.3 is 0 Å². The van der Waals surface area contributed by atoms with Gasteiger partial charge in [0, 0.05) is 25.7 Å². The van der Waals surface area contributed by atoms with Gasteiger partial charge in [0.25, 0.3) is 0 Å². The highest BCUT2D eigenvalue weighted by molar-refractivity contribution is 5.71. The summed E-state index contributed by atoms with van der Waals surface area (Å²) in [5.41, 5.74) is 1.98. The Hall–Kier alpha value is -1.42. The fourth-order valence-corrected chi connectivity index (χ4v) is 2.53. The molecular weight excluding hydrogens is 200 g/mol. The van der Waals surface area contributed by atoms with E-state index in [-0.39, 0.29) is 0 Å². The molecule has 4 nitrogen and oxygen atoms in total. The van der Waals surface area contributed by atoms with Gasteiger partial charge in [-0.2, -0.15) is 0 Å². The monoisotopic (exact) mass is 216 g/mol. The van der Waals surface area contributed by atoms with E-state index >= 15 is 0 Å². The highest BCUT2D eigenvalue weighted by atomic mass is 15.1. The van der Waals surface area contributed by atoms with Crippen LogP contribution in [0.1, 0.15) is 18.7 Å². The Morgan fingerprint density at radius 1 is 1.44 bits per heavy atom. The van der Waals surface area contributed by atoms with Crippen molar-refractivity contribution < 1.29 is 0 Å². The Kier molecular flexibility index (Phi) is 2.17. The molecule has 3 heterocycles. The van der Waals surface area contributed by atoms with E-state index in [1.165, 1.54) is 0 Å². The predicted molar refractivity (Wildman–Crippen MR) is 63.3 cm³/mol. The van der Waals surface area contributed by atoms with Crippen molar-refractivity contribution in [2.75, 3.05) is 13.1 Å². The van der Waals surface area contributed by atoms with Gasteiger partial charge < -0.3 is 9.88 Å². The second-order valence-electron chi connectivity index (χ2n) is 4.62. The molecule has 2 unspecified atom stereocenters. The lowest BCUT2D eigenvalue weighted by atomic mass is 9.97. The average molecular weight is 216 g/mol. The van der Waals surface area contributed by atoms with Gasteiger partial charge in [0.15, 0.2) is 5.65 Å². The van der Waals surface area contributed by atoms with Gasteiger partial charge in [-0.25, -0.2) is 9.97 Å². The fraction of sp³-hybridized carbons (Fsp3) is 0.500. The molecular formula is C12H16N4. The van der Waals surface area contributed by atoms with Crippen LogP contribution in [0.15, 0.2) is 18.3 Å². The highest BCUT2D eigenvalue weighted by Gasteiger charge is 2.28. The highest BCUT2D eigenvalue weighted by Crippen LogP contribution is 2.28. The van der Waals surface area contributed by atoms with Crippen LogP contribution in [0.4, 0.5) is 0 Å². The van der Waals surface area contributed by atoms with Crippen LogP contribution in [0.25, 0.3) is 11.2 Å². The van der Waals surface area contributed by atoms with Gasteiger partial charge in [-0.1, -0.05) is 6.92 Å². The van der Waals surface area contributed by atoms with Gasteiger partial charge in [0.05, 0.1) is 5.52 Å². The third kappa shape index (κ3) is 1.33. The SMILES string of the molecule is CC1CNCC1c1nc2ncccc2n1C. The van der Waals surface area contributed by atoms with Gasteiger partial charge in [-0.05, 0) is 24.6 Å². The van der Waals surface area contributed by atoms with Gasteiger partial charge in [-0.3, -0.25) is 0 Å². The Morgan fingerprint density at radius 3 is 3.00 bits per heavy atom. The fourth-order valence-electron chi connectivity index (χ4n) is 2.53. The molecule has 0 radical (unpaired) electrons. The summed E-state index contributed by atoms with van der Waals surface area (Å²) in [4.78, 5) is 8.96. The lowest BCUT2D eigenvalue weighted by molar-refractivity contribution is 0.533. The normalized spacial score (nSPS) is 25.4. The van der Waals surface area contributed by atoms with Crippen molar-refractivity contribution in [2.24, 2.45) is 13.0 Å². The maximum absolute atomic E-state index is 4.66. The van der Waals surface area contributed by atoms with Crippen molar-refractivity contribution >= 4 is 11.2 Å². The van der Waals surface area contributed by atoms with Crippen LogP contribution in [0.3, 0.4) is 0 Å². The molecule has 84 valence electrons. The summed E-state index contributed by atoms with van der Waals surface area (Å²) in [6.07, 6.45) is 1.80. The molecule has 3 rings (SSSR count). The van der Waals surface area contributed by atoms with Crippen molar-refractivity contribution in [2.45, 2.75) is 12.8 Å². The first-order chi connectivity index (χ1) is 7.77. The Morgan fingerprint density at radius 2 is 2.31 bits per heavy atom. The molecule has 0 saturated carbocycles. The molecule has 2 aromatic rings. The molecule has 2 aromatic heterocycles. The van der Waals surface area contributed by atoms with Crippen molar-refractivity contribution in [1.29, 1.82) is 0 Å². The zero-order chi connectivity index (χ0) is 11.1. The molecule has 1 aliphatic rings. The van der Waals surface area contributed by atoms with E-state index < -0.39 is 0 Å². The first kappa shape index (κ1) is 9.78. The molecule has 0 aliphatic carbocycles. The van der Waals surface area contributed by atoms with E-state index in [1.807, 2.05) is 6.07 Å². The van der Waals surface area contributed by atoms with Crippen LogP contribution in [0, 0.1) is 5.92 Å². The zero-order valence-corrected chi connectivity index (χ0v) is 9.64. The number of aromatic nitrogens is 3. The number of fused-ring (bicyclic) bond motifs is 1. The molecule has 1 fully saturated rings.